The van der Waals surface area contributed by atoms with Gasteiger partial charge in [-0.05, 0) is 67.6 Å². The Morgan fingerprint density at radius 3 is 2.69 bits per heavy atom. The summed E-state index contributed by atoms with van der Waals surface area (Å²) in [6, 6.07) is 14.5. The Kier molecular flexibility index (Phi) is 6.32. The molecule has 8 nitrogen and oxygen atoms in total. The van der Waals surface area contributed by atoms with Gasteiger partial charge in [0.05, 0.1) is 16.8 Å². The van der Waals surface area contributed by atoms with E-state index in [2.05, 4.69) is 42.8 Å². The van der Waals surface area contributed by atoms with Gasteiger partial charge in [0.25, 0.3) is 0 Å². The number of nitrogens with one attached hydrogen (secondary N) is 4. The summed E-state index contributed by atoms with van der Waals surface area (Å²) in [7, 11) is 0. The van der Waals surface area contributed by atoms with Crippen molar-refractivity contribution in [3.63, 3.8) is 0 Å². The number of carbonyl (C=O) groups is 1. The van der Waals surface area contributed by atoms with Crippen LogP contribution >= 0.6 is 0 Å². The second-order valence-electron chi connectivity index (χ2n) is 8.21. The Hall–Kier alpha value is -4.37. The van der Waals surface area contributed by atoms with Gasteiger partial charge in [-0.15, -0.1) is 0 Å². The minimum absolute atomic E-state index is 0.229. The predicted molar refractivity (Wildman–Crippen MR) is 136 cm³/mol. The summed E-state index contributed by atoms with van der Waals surface area (Å²) >= 11 is 0. The van der Waals surface area contributed by atoms with Crippen LogP contribution < -0.4 is 21.3 Å². The van der Waals surface area contributed by atoms with Crippen LogP contribution in [-0.4, -0.2) is 40.0 Å². The molecule has 1 aliphatic heterocycles. The molecule has 0 aliphatic carbocycles. The highest BCUT2D eigenvalue weighted by Gasteiger charge is 2.16. The molecule has 0 saturated carbocycles. The Balaban J connectivity index is 1.43. The Morgan fingerprint density at radius 2 is 1.91 bits per heavy atom. The number of aromatic nitrogens is 3. The van der Waals surface area contributed by atoms with Crippen LogP contribution in [0, 0.1) is 5.82 Å². The van der Waals surface area contributed by atoms with Gasteiger partial charge in [-0.3, -0.25) is 9.78 Å². The van der Waals surface area contributed by atoms with Crippen LogP contribution in [0.25, 0.3) is 22.2 Å². The lowest BCUT2D eigenvalue weighted by Crippen LogP contribution is -2.21. The minimum Gasteiger partial charge on any atom is -0.381 e. The third-order valence-electron chi connectivity index (χ3n) is 5.74. The molecule has 1 amide bonds. The maximum atomic E-state index is 15.0. The lowest BCUT2D eigenvalue weighted by Gasteiger charge is -2.14. The average molecular weight is 470 g/mol. The van der Waals surface area contributed by atoms with E-state index in [0.29, 0.717) is 34.3 Å². The molecule has 1 saturated heterocycles. The average Bonchev–Trinajstić information content (AvgIpc) is 3.38. The molecule has 5 rings (SSSR count). The molecule has 9 heteroatoms. The van der Waals surface area contributed by atoms with Gasteiger partial charge >= 0.3 is 0 Å². The molecule has 0 radical (unpaired) electrons. The first-order valence-electron chi connectivity index (χ1n) is 11.3. The number of halogens is 1. The van der Waals surface area contributed by atoms with Crippen molar-refractivity contribution >= 4 is 39.8 Å². The summed E-state index contributed by atoms with van der Waals surface area (Å²) in [5.41, 5.74) is 3.32. The monoisotopic (exact) mass is 469 g/mol. The van der Waals surface area contributed by atoms with Gasteiger partial charge in [-0.2, -0.15) is 0 Å². The summed E-state index contributed by atoms with van der Waals surface area (Å²) in [4.78, 5) is 25.0. The van der Waals surface area contributed by atoms with E-state index in [9.17, 15) is 9.18 Å². The minimum atomic E-state index is -0.473. The lowest BCUT2D eigenvalue weighted by molar-refractivity contribution is -0.111. The van der Waals surface area contributed by atoms with Crippen LogP contribution in [0.3, 0.4) is 0 Å². The Morgan fingerprint density at radius 1 is 1.09 bits per heavy atom. The SMILES string of the molecule is C=CC(=O)Nc1ccnc(-c2c(F)ccc3cnc(Nc4ccc(N[C@@H]5CCNC5)cc4)nc23)c1. The molecule has 0 bridgehead atoms. The third kappa shape index (κ3) is 5.10. The zero-order chi connectivity index (χ0) is 24.2. The maximum Gasteiger partial charge on any atom is 0.247 e. The number of anilines is 4. The molecule has 2 aromatic carbocycles. The normalized spacial score (nSPS) is 15.1. The van der Waals surface area contributed by atoms with Crippen molar-refractivity contribution in [3.05, 3.63) is 79.4 Å². The van der Waals surface area contributed by atoms with Crippen LogP contribution in [0.5, 0.6) is 0 Å². The lowest BCUT2D eigenvalue weighted by atomic mass is 10.1. The number of amides is 1. The zero-order valence-corrected chi connectivity index (χ0v) is 18.9. The van der Waals surface area contributed by atoms with Crippen molar-refractivity contribution in [2.75, 3.05) is 29.0 Å². The second kappa shape index (κ2) is 9.86. The number of hydrogen-bond donors (Lipinski definition) is 4. The van der Waals surface area contributed by atoms with Crippen molar-refractivity contribution in [3.8, 4) is 11.3 Å². The molecule has 0 spiro atoms. The Labute approximate surface area is 201 Å². The fourth-order valence-electron chi connectivity index (χ4n) is 4.01. The molecular weight excluding hydrogens is 445 g/mol. The van der Waals surface area contributed by atoms with E-state index < -0.39 is 5.82 Å². The van der Waals surface area contributed by atoms with E-state index in [0.717, 1.165) is 37.0 Å². The van der Waals surface area contributed by atoms with Crippen molar-refractivity contribution in [1.82, 2.24) is 20.3 Å². The molecule has 3 heterocycles. The highest BCUT2D eigenvalue weighted by molar-refractivity contribution is 6.00. The van der Waals surface area contributed by atoms with E-state index in [1.165, 1.54) is 12.3 Å². The van der Waals surface area contributed by atoms with E-state index in [1.807, 2.05) is 24.3 Å². The summed E-state index contributed by atoms with van der Waals surface area (Å²) < 4.78 is 15.0. The van der Waals surface area contributed by atoms with Crippen LogP contribution in [0.1, 0.15) is 6.42 Å². The second-order valence-corrected chi connectivity index (χ2v) is 8.21. The molecule has 2 aromatic heterocycles. The Bertz CT molecular complexity index is 1380. The van der Waals surface area contributed by atoms with Crippen LogP contribution in [-0.2, 0) is 4.79 Å². The number of carbonyl (C=O) groups excluding carboxylic acids is 1. The van der Waals surface area contributed by atoms with Crippen LogP contribution in [0.2, 0.25) is 0 Å². The molecule has 4 aromatic rings. The van der Waals surface area contributed by atoms with E-state index in [1.54, 1.807) is 24.4 Å². The summed E-state index contributed by atoms with van der Waals surface area (Å²) in [5.74, 6) is -0.504. The molecular formula is C26H24FN7O. The molecule has 1 fully saturated rings. The van der Waals surface area contributed by atoms with Gasteiger partial charge in [-0.25, -0.2) is 14.4 Å². The topological polar surface area (TPSA) is 104 Å². The molecule has 4 N–H and O–H groups in total. The largest absolute Gasteiger partial charge is 0.381 e. The van der Waals surface area contributed by atoms with E-state index in [-0.39, 0.29) is 11.5 Å². The maximum absolute atomic E-state index is 15.0. The smallest absolute Gasteiger partial charge is 0.247 e. The number of hydrogen-bond acceptors (Lipinski definition) is 7. The van der Waals surface area contributed by atoms with Crippen molar-refractivity contribution in [1.29, 1.82) is 0 Å². The third-order valence-corrected chi connectivity index (χ3v) is 5.74. The highest BCUT2D eigenvalue weighted by Crippen LogP contribution is 2.31. The van der Waals surface area contributed by atoms with Gasteiger partial charge in [0.15, 0.2) is 0 Å². The predicted octanol–water partition coefficient (Wildman–Crippen LogP) is 4.47. The molecule has 1 atom stereocenters. The first kappa shape index (κ1) is 22.4. The summed E-state index contributed by atoms with van der Waals surface area (Å²) in [6.07, 6.45) is 5.41. The van der Waals surface area contributed by atoms with E-state index >= 15 is 0 Å². The highest BCUT2D eigenvalue weighted by atomic mass is 19.1. The molecule has 1 aliphatic rings. The first-order valence-corrected chi connectivity index (χ1v) is 11.3. The first-order chi connectivity index (χ1) is 17.1. The van der Waals surface area contributed by atoms with Crippen molar-refractivity contribution < 1.29 is 9.18 Å². The van der Waals surface area contributed by atoms with Gasteiger partial charge in [0, 0.05) is 47.4 Å². The van der Waals surface area contributed by atoms with E-state index in [4.69, 9.17) is 0 Å². The molecule has 176 valence electrons. The number of nitrogens with zero attached hydrogens (tertiary/aromatic N) is 3. The van der Waals surface area contributed by atoms with Crippen molar-refractivity contribution in [2.45, 2.75) is 12.5 Å². The number of pyridine rings is 1. The fraction of sp³-hybridized carbons (Fsp3) is 0.154. The zero-order valence-electron chi connectivity index (χ0n) is 18.9. The van der Waals surface area contributed by atoms with Gasteiger partial charge in [0.1, 0.15) is 5.82 Å². The van der Waals surface area contributed by atoms with Gasteiger partial charge < -0.3 is 21.3 Å². The fourth-order valence-corrected chi connectivity index (χ4v) is 4.01. The summed E-state index contributed by atoms with van der Waals surface area (Å²) in [6.45, 7) is 5.44. The number of benzene rings is 2. The quantitative estimate of drug-likeness (QED) is 0.296. The van der Waals surface area contributed by atoms with Crippen molar-refractivity contribution in [2.24, 2.45) is 0 Å². The standard InChI is InChI=1S/C26H24FN7O/c1-2-23(35)32-19-10-12-29-22(13-19)24-21(27)8-3-16-14-30-26(34-25(16)24)33-18-6-4-17(5-7-18)31-20-9-11-28-15-20/h2-8,10,12-14,20,28,31H,1,9,11,15H2,(H,29,32,35)(H,30,33,34)/t20-/m1/s1. The molecule has 35 heavy (non-hydrogen) atoms. The molecule has 0 unspecified atom stereocenters. The number of fused-ring (bicyclic) bond motifs is 1. The van der Waals surface area contributed by atoms with Crippen LogP contribution in [0.4, 0.5) is 27.4 Å². The van der Waals surface area contributed by atoms with Crippen LogP contribution in [0.15, 0.2) is 73.6 Å². The van der Waals surface area contributed by atoms with Gasteiger partial charge in [-0.1, -0.05) is 6.58 Å². The summed E-state index contributed by atoms with van der Waals surface area (Å²) in [5, 5.41) is 13.4. The van der Waals surface area contributed by atoms with Gasteiger partial charge in [0.2, 0.25) is 11.9 Å². The number of rotatable bonds is 7.